The number of Topliss-reactive ketones (excluding diaryl/α,β-unsaturated/α-hetero) is 1. The van der Waals surface area contributed by atoms with Crippen LogP contribution in [0.2, 0.25) is 18.1 Å². The Morgan fingerprint density at radius 3 is 2.19 bits per heavy atom. The van der Waals surface area contributed by atoms with E-state index in [4.69, 9.17) is 9.16 Å². The Balaban J connectivity index is 2.37. The Hall–Kier alpha value is -0.683. The zero-order valence-corrected chi connectivity index (χ0v) is 19.2. The zero-order valence-electron chi connectivity index (χ0n) is 18.2. The van der Waals surface area contributed by atoms with Gasteiger partial charge in [0.25, 0.3) is 0 Å². The SMILES string of the molecule is CC(=O)O[C@H]1CC(=O)[C@@H]2CC(C)(C)C[C@H](O[Si](C)(C)C(C)(C)C)[C@@]2(C)C1. The van der Waals surface area contributed by atoms with Gasteiger partial charge in [-0.15, -0.1) is 0 Å². The Labute approximate surface area is 160 Å². The van der Waals surface area contributed by atoms with Gasteiger partial charge in [0.15, 0.2) is 8.32 Å². The van der Waals surface area contributed by atoms with Crippen LogP contribution in [0.25, 0.3) is 0 Å². The number of carbonyl (C=O) groups is 2. The number of ether oxygens (including phenoxy) is 1. The average Bonchev–Trinajstić information content (AvgIpc) is 2.38. The van der Waals surface area contributed by atoms with E-state index in [0.717, 1.165) is 19.3 Å². The van der Waals surface area contributed by atoms with Gasteiger partial charge in [-0.05, 0) is 42.8 Å². The summed E-state index contributed by atoms with van der Waals surface area (Å²) in [6.45, 7) is 19.4. The quantitative estimate of drug-likeness (QED) is 0.502. The maximum absolute atomic E-state index is 13.0. The van der Waals surface area contributed by atoms with Gasteiger partial charge in [-0.3, -0.25) is 9.59 Å². The van der Waals surface area contributed by atoms with Gasteiger partial charge in [0.05, 0.1) is 6.10 Å². The molecule has 0 N–H and O–H groups in total. The Kier molecular flexibility index (Phi) is 5.60. The van der Waals surface area contributed by atoms with Crippen molar-refractivity contribution in [1.29, 1.82) is 0 Å². The molecule has 2 fully saturated rings. The summed E-state index contributed by atoms with van der Waals surface area (Å²) >= 11 is 0. The Morgan fingerprint density at radius 1 is 1.12 bits per heavy atom. The van der Waals surface area contributed by atoms with Crippen molar-refractivity contribution in [2.75, 3.05) is 0 Å². The fourth-order valence-electron chi connectivity index (χ4n) is 4.54. The van der Waals surface area contributed by atoms with E-state index in [2.05, 4.69) is 54.6 Å². The molecule has 2 rings (SSSR count). The summed E-state index contributed by atoms with van der Waals surface area (Å²) in [6, 6.07) is 0. The molecule has 0 unspecified atom stereocenters. The van der Waals surface area contributed by atoms with Crippen LogP contribution in [0.4, 0.5) is 0 Å². The van der Waals surface area contributed by atoms with Crippen LogP contribution in [-0.2, 0) is 18.8 Å². The standard InChI is InChI=1S/C21H38O4Si/c1-14(22)24-15-10-17(23)16-12-20(5,6)13-18(21(16,7)11-15)25-26(8,9)19(2,3)4/h15-16,18H,10-13H2,1-9H3/t15-,16-,18-,21-/m0/s1. The monoisotopic (exact) mass is 382 g/mol. The fraction of sp³-hybridized carbons (Fsp3) is 0.905. The lowest BCUT2D eigenvalue weighted by atomic mass is 9.53. The van der Waals surface area contributed by atoms with Gasteiger partial charge in [0.2, 0.25) is 0 Å². The van der Waals surface area contributed by atoms with Crippen molar-refractivity contribution in [3.05, 3.63) is 0 Å². The van der Waals surface area contributed by atoms with Crippen LogP contribution in [0.5, 0.6) is 0 Å². The highest BCUT2D eigenvalue weighted by Crippen LogP contribution is 2.57. The topological polar surface area (TPSA) is 52.6 Å². The predicted octanol–water partition coefficient (Wildman–Crippen LogP) is 5.11. The van der Waals surface area contributed by atoms with Crippen LogP contribution in [0.15, 0.2) is 0 Å². The van der Waals surface area contributed by atoms with Gasteiger partial charge in [-0.2, -0.15) is 0 Å². The van der Waals surface area contributed by atoms with Crippen molar-refractivity contribution in [2.45, 2.75) is 104 Å². The molecular weight excluding hydrogens is 344 g/mol. The number of carbonyl (C=O) groups excluding carboxylic acids is 2. The Bertz CT molecular complexity index is 575. The minimum absolute atomic E-state index is 0.00664. The van der Waals surface area contributed by atoms with Crippen molar-refractivity contribution in [1.82, 2.24) is 0 Å². The fourth-order valence-corrected chi connectivity index (χ4v) is 5.96. The van der Waals surface area contributed by atoms with E-state index >= 15 is 0 Å². The molecule has 2 saturated carbocycles. The molecule has 0 aliphatic heterocycles. The largest absolute Gasteiger partial charge is 0.462 e. The summed E-state index contributed by atoms with van der Waals surface area (Å²) in [6.07, 6.45) is 2.63. The molecule has 0 radical (unpaired) electrons. The van der Waals surface area contributed by atoms with Crippen LogP contribution in [0.3, 0.4) is 0 Å². The second-order valence-electron chi connectivity index (χ2n) is 11.1. The van der Waals surface area contributed by atoms with Crippen LogP contribution < -0.4 is 0 Å². The average molecular weight is 383 g/mol. The van der Waals surface area contributed by atoms with E-state index in [1.165, 1.54) is 6.92 Å². The van der Waals surface area contributed by atoms with E-state index < -0.39 is 8.32 Å². The first-order valence-corrected chi connectivity index (χ1v) is 12.9. The summed E-state index contributed by atoms with van der Waals surface area (Å²) in [5.41, 5.74) is -0.179. The summed E-state index contributed by atoms with van der Waals surface area (Å²) in [7, 11) is -1.97. The van der Waals surface area contributed by atoms with Crippen molar-refractivity contribution in [2.24, 2.45) is 16.7 Å². The van der Waals surface area contributed by atoms with Gasteiger partial charge in [-0.1, -0.05) is 41.5 Å². The third kappa shape index (κ3) is 4.24. The molecule has 0 aromatic carbocycles. The molecule has 5 heteroatoms. The molecule has 0 amide bonds. The lowest BCUT2D eigenvalue weighted by molar-refractivity contribution is -0.169. The zero-order chi connectivity index (χ0) is 20.1. The highest BCUT2D eigenvalue weighted by molar-refractivity contribution is 6.74. The molecule has 26 heavy (non-hydrogen) atoms. The number of rotatable bonds is 3. The van der Waals surface area contributed by atoms with Gasteiger partial charge < -0.3 is 9.16 Å². The third-order valence-electron chi connectivity index (χ3n) is 7.09. The van der Waals surface area contributed by atoms with E-state index in [0.29, 0.717) is 6.42 Å². The normalized spacial score (nSPS) is 35.0. The summed E-state index contributed by atoms with van der Waals surface area (Å²) in [5.74, 6) is -0.0720. The lowest BCUT2D eigenvalue weighted by Crippen LogP contribution is -2.59. The molecule has 4 atom stereocenters. The smallest absolute Gasteiger partial charge is 0.302 e. The molecule has 0 aromatic rings. The number of hydrogen-bond donors (Lipinski definition) is 0. The molecule has 0 saturated heterocycles. The maximum Gasteiger partial charge on any atom is 0.302 e. The minimum Gasteiger partial charge on any atom is -0.462 e. The van der Waals surface area contributed by atoms with Gasteiger partial charge >= 0.3 is 5.97 Å². The number of hydrogen-bond acceptors (Lipinski definition) is 4. The van der Waals surface area contributed by atoms with Crippen molar-refractivity contribution >= 4 is 20.1 Å². The third-order valence-corrected chi connectivity index (χ3v) is 11.6. The van der Waals surface area contributed by atoms with E-state index in [1.807, 2.05) is 0 Å². The first-order valence-electron chi connectivity index (χ1n) is 9.95. The summed E-state index contributed by atoms with van der Waals surface area (Å²) in [4.78, 5) is 24.5. The van der Waals surface area contributed by atoms with Gasteiger partial charge in [0, 0.05) is 24.7 Å². The van der Waals surface area contributed by atoms with Gasteiger partial charge in [-0.25, -0.2) is 0 Å². The molecule has 2 aliphatic carbocycles. The molecule has 0 spiro atoms. The van der Waals surface area contributed by atoms with Crippen LogP contribution in [-0.4, -0.2) is 32.3 Å². The van der Waals surface area contributed by atoms with Gasteiger partial charge in [0.1, 0.15) is 11.9 Å². The van der Waals surface area contributed by atoms with Crippen LogP contribution in [0, 0.1) is 16.7 Å². The molecule has 2 aliphatic rings. The van der Waals surface area contributed by atoms with Crippen LogP contribution in [0.1, 0.15) is 74.1 Å². The number of esters is 1. The predicted molar refractivity (Wildman–Crippen MR) is 106 cm³/mol. The first-order chi connectivity index (χ1) is 11.6. The highest BCUT2D eigenvalue weighted by atomic mass is 28.4. The minimum atomic E-state index is -1.97. The van der Waals surface area contributed by atoms with Crippen molar-refractivity contribution in [3.63, 3.8) is 0 Å². The molecular formula is C21H38O4Si. The second-order valence-corrected chi connectivity index (χ2v) is 15.9. The summed E-state index contributed by atoms with van der Waals surface area (Å²) < 4.78 is 12.4. The first kappa shape index (κ1) is 21.6. The molecule has 0 heterocycles. The van der Waals surface area contributed by atoms with E-state index in [1.54, 1.807) is 0 Å². The molecule has 0 aromatic heterocycles. The molecule has 4 nitrogen and oxygen atoms in total. The highest BCUT2D eigenvalue weighted by Gasteiger charge is 2.58. The Morgan fingerprint density at radius 2 is 1.69 bits per heavy atom. The number of fused-ring (bicyclic) bond motifs is 1. The second kappa shape index (κ2) is 6.73. The molecule has 0 bridgehead atoms. The lowest BCUT2D eigenvalue weighted by Gasteiger charge is -2.57. The van der Waals surface area contributed by atoms with Crippen molar-refractivity contribution < 1.29 is 18.8 Å². The van der Waals surface area contributed by atoms with Crippen molar-refractivity contribution in [3.8, 4) is 0 Å². The number of ketones is 1. The van der Waals surface area contributed by atoms with E-state index in [-0.39, 0.29) is 45.7 Å². The van der Waals surface area contributed by atoms with Crippen LogP contribution >= 0.6 is 0 Å². The van der Waals surface area contributed by atoms with E-state index in [9.17, 15) is 9.59 Å². The maximum atomic E-state index is 13.0. The molecule has 150 valence electrons. The summed E-state index contributed by atoms with van der Waals surface area (Å²) in [5, 5.41) is 0.119.